The summed E-state index contributed by atoms with van der Waals surface area (Å²) < 4.78 is 0. The maximum atomic E-state index is 4.67. The Labute approximate surface area is 183 Å². The zero-order valence-electron chi connectivity index (χ0n) is 16.7. The summed E-state index contributed by atoms with van der Waals surface area (Å²) in [4.78, 5) is 13.1. The number of halogens is 2. The van der Waals surface area contributed by atoms with Crippen LogP contribution in [0.3, 0.4) is 0 Å². The van der Waals surface area contributed by atoms with Gasteiger partial charge in [0.15, 0.2) is 0 Å². The number of benzene rings is 2. The van der Waals surface area contributed by atoms with Crippen molar-refractivity contribution >= 4 is 44.0 Å². The van der Waals surface area contributed by atoms with Crippen molar-refractivity contribution in [3.8, 4) is 0 Å². The Bertz CT molecular complexity index is 653. The van der Waals surface area contributed by atoms with E-state index in [1.807, 2.05) is 40.6 Å². The monoisotopic (exact) mass is 469 g/mol. The second-order valence-corrected chi connectivity index (χ2v) is 7.99. The Hall–Kier alpha value is -1.52. The van der Waals surface area contributed by atoms with E-state index >= 15 is 0 Å². The first-order valence-electron chi connectivity index (χ1n) is 8.83. The van der Waals surface area contributed by atoms with Crippen LogP contribution in [0.2, 0.25) is 0 Å². The van der Waals surface area contributed by atoms with Crippen LogP contribution in [0.5, 0.6) is 0 Å². The minimum atomic E-state index is 0.757. The molecule has 157 valence electrons. The van der Waals surface area contributed by atoms with Crippen molar-refractivity contribution < 1.29 is 13.1 Å². The SMILES string of the molecule is CN(C)c1ccc(C=NCCCN=Cc2ccc(N(C)C)cc2)cc1.[Cl][Cu][Cl]. The second-order valence-electron chi connectivity index (χ2n) is 6.44. The van der Waals surface area contributed by atoms with Gasteiger partial charge in [0, 0.05) is 65.1 Å². The van der Waals surface area contributed by atoms with E-state index in [-0.39, 0.29) is 0 Å². The predicted molar refractivity (Wildman–Crippen MR) is 123 cm³/mol. The molecular weight excluding hydrogens is 443 g/mol. The van der Waals surface area contributed by atoms with Crippen molar-refractivity contribution in [3.05, 3.63) is 59.7 Å². The van der Waals surface area contributed by atoms with Crippen molar-refractivity contribution in [1.82, 2.24) is 0 Å². The molecule has 0 aromatic heterocycles. The molecule has 0 atom stereocenters. The fourth-order valence-electron chi connectivity index (χ4n) is 2.31. The molecule has 4 nitrogen and oxygen atoms in total. The first-order valence-corrected chi connectivity index (χ1v) is 11.4. The second kappa shape index (κ2) is 14.5. The van der Waals surface area contributed by atoms with Gasteiger partial charge in [-0.25, -0.2) is 0 Å². The number of hydrogen-bond donors (Lipinski definition) is 0. The average molecular weight is 471 g/mol. The van der Waals surface area contributed by atoms with Crippen molar-refractivity contribution in [2.45, 2.75) is 6.42 Å². The van der Waals surface area contributed by atoms with Crippen LogP contribution < -0.4 is 9.80 Å². The molecule has 0 aliphatic rings. The molecule has 2 rings (SSSR count). The van der Waals surface area contributed by atoms with Crippen LogP contribution in [-0.2, 0) is 13.1 Å². The van der Waals surface area contributed by atoms with E-state index in [2.05, 4.69) is 88.5 Å². The molecule has 0 fully saturated rings. The van der Waals surface area contributed by atoms with E-state index in [0.29, 0.717) is 0 Å². The Balaban J connectivity index is 0.00000122. The summed E-state index contributed by atoms with van der Waals surface area (Å²) in [6.45, 7) is 1.60. The molecule has 0 aliphatic carbocycles. The van der Waals surface area contributed by atoms with Gasteiger partial charge in [0.05, 0.1) is 0 Å². The first kappa shape index (κ1) is 24.5. The molecule has 0 bridgehead atoms. The van der Waals surface area contributed by atoms with Crippen LogP contribution in [0, 0.1) is 0 Å². The molecule has 28 heavy (non-hydrogen) atoms. The molecule has 0 spiro atoms. The molecule has 0 heterocycles. The van der Waals surface area contributed by atoms with E-state index in [0.717, 1.165) is 43.8 Å². The number of nitrogens with zero attached hydrogens (tertiary/aromatic N) is 4. The molecule has 0 amide bonds. The Kier molecular flexibility index (Phi) is 12.7. The average Bonchev–Trinajstić information content (AvgIpc) is 2.68. The Morgan fingerprint density at radius 1 is 0.714 bits per heavy atom. The van der Waals surface area contributed by atoms with Crippen molar-refractivity contribution in [2.24, 2.45) is 9.98 Å². The van der Waals surface area contributed by atoms with Gasteiger partial charge in [0.1, 0.15) is 0 Å². The van der Waals surface area contributed by atoms with Gasteiger partial charge in [-0.05, 0) is 41.8 Å². The fourth-order valence-corrected chi connectivity index (χ4v) is 2.31. The van der Waals surface area contributed by atoms with Crippen molar-refractivity contribution in [3.63, 3.8) is 0 Å². The summed E-state index contributed by atoms with van der Waals surface area (Å²) >= 11 is 0.757. The normalized spacial score (nSPS) is 10.9. The zero-order valence-corrected chi connectivity index (χ0v) is 19.2. The molecule has 0 saturated carbocycles. The van der Waals surface area contributed by atoms with Gasteiger partial charge in [0.25, 0.3) is 0 Å². The minimum absolute atomic E-state index is 0.757. The number of hydrogen-bond acceptors (Lipinski definition) is 4. The molecular formula is C21H28Cl2CuN4. The molecule has 0 aliphatic heterocycles. The van der Waals surface area contributed by atoms with Crippen LogP contribution in [0.4, 0.5) is 11.4 Å². The predicted octanol–water partition coefficient (Wildman–Crippen LogP) is 5.12. The summed E-state index contributed by atoms with van der Waals surface area (Å²) in [6.07, 6.45) is 4.82. The number of rotatable bonds is 8. The summed E-state index contributed by atoms with van der Waals surface area (Å²) in [5.74, 6) is 0. The first-order chi connectivity index (χ1) is 13.5. The zero-order chi connectivity index (χ0) is 20.8. The van der Waals surface area contributed by atoms with Gasteiger partial charge in [-0.2, -0.15) is 0 Å². The third kappa shape index (κ3) is 10.1. The van der Waals surface area contributed by atoms with Crippen molar-refractivity contribution in [2.75, 3.05) is 51.1 Å². The van der Waals surface area contributed by atoms with E-state index in [4.69, 9.17) is 0 Å². The summed E-state index contributed by atoms with van der Waals surface area (Å²) in [7, 11) is 17.5. The van der Waals surface area contributed by atoms with Gasteiger partial charge in [0.2, 0.25) is 0 Å². The van der Waals surface area contributed by atoms with Crippen LogP contribution in [0.15, 0.2) is 58.5 Å². The van der Waals surface area contributed by atoms with Gasteiger partial charge in [-0.1, -0.05) is 24.3 Å². The summed E-state index contributed by atoms with van der Waals surface area (Å²) in [5.41, 5.74) is 4.67. The Morgan fingerprint density at radius 3 is 1.32 bits per heavy atom. The fraction of sp³-hybridized carbons (Fsp3) is 0.333. The van der Waals surface area contributed by atoms with Crippen LogP contribution in [0.1, 0.15) is 17.5 Å². The summed E-state index contributed by atoms with van der Waals surface area (Å²) in [6, 6.07) is 16.8. The third-order valence-corrected chi connectivity index (χ3v) is 3.87. The molecule has 2 aromatic rings. The van der Waals surface area contributed by atoms with Gasteiger partial charge in [-0.3, -0.25) is 9.98 Å². The third-order valence-electron chi connectivity index (χ3n) is 3.87. The molecule has 2 aromatic carbocycles. The van der Waals surface area contributed by atoms with Gasteiger partial charge < -0.3 is 9.80 Å². The maximum absolute atomic E-state index is 4.67. The number of anilines is 2. The van der Waals surface area contributed by atoms with E-state index in [9.17, 15) is 0 Å². The molecule has 0 radical (unpaired) electrons. The Morgan fingerprint density at radius 2 is 1.04 bits per heavy atom. The quantitative estimate of drug-likeness (QED) is 0.304. The standard InChI is InChI=1S/C21H28N4.2ClH.Cu/c1-24(2)20-10-6-18(7-11-20)16-22-14-5-15-23-17-19-8-12-21(13-9-19)25(3)4;;;/h6-13,16-17H,5,14-15H2,1-4H3;2*1H;/q;;;+2/p-2. The van der Waals surface area contributed by atoms with E-state index in [1.54, 1.807) is 0 Å². The van der Waals surface area contributed by atoms with Crippen LogP contribution in [-0.4, -0.2) is 53.7 Å². The molecule has 0 saturated heterocycles. The topological polar surface area (TPSA) is 31.2 Å². The molecule has 7 heteroatoms. The van der Waals surface area contributed by atoms with Gasteiger partial charge >= 0.3 is 33.3 Å². The van der Waals surface area contributed by atoms with Crippen LogP contribution >= 0.6 is 20.2 Å². The molecule has 0 unspecified atom stereocenters. The van der Waals surface area contributed by atoms with E-state index < -0.39 is 0 Å². The molecule has 0 N–H and O–H groups in total. The van der Waals surface area contributed by atoms with Gasteiger partial charge in [-0.15, -0.1) is 0 Å². The summed E-state index contributed by atoms with van der Waals surface area (Å²) in [5, 5.41) is 0. The number of aliphatic imine (C=N–C) groups is 2. The van der Waals surface area contributed by atoms with E-state index in [1.165, 1.54) is 11.4 Å². The van der Waals surface area contributed by atoms with Crippen LogP contribution in [0.25, 0.3) is 0 Å². The van der Waals surface area contributed by atoms with Crippen molar-refractivity contribution in [1.29, 1.82) is 0 Å².